The average molecular weight is 276 g/mol. The van der Waals surface area contributed by atoms with E-state index < -0.39 is 0 Å². The molecule has 0 spiro atoms. The van der Waals surface area contributed by atoms with Gasteiger partial charge in [0.05, 0.1) is 6.61 Å². The lowest BCUT2D eigenvalue weighted by molar-refractivity contribution is 0.135. The first-order chi connectivity index (χ1) is 9.76. The third kappa shape index (κ3) is 3.81. The van der Waals surface area contributed by atoms with Gasteiger partial charge in [-0.2, -0.15) is 0 Å². The van der Waals surface area contributed by atoms with Gasteiger partial charge in [-0.25, -0.2) is 0 Å². The van der Waals surface area contributed by atoms with Gasteiger partial charge >= 0.3 is 0 Å². The number of benzene rings is 1. The summed E-state index contributed by atoms with van der Waals surface area (Å²) in [6.07, 6.45) is 2.31. The minimum atomic E-state index is 0.290. The van der Waals surface area contributed by atoms with Gasteiger partial charge in [0.1, 0.15) is 0 Å². The van der Waals surface area contributed by atoms with Crippen molar-refractivity contribution in [1.82, 2.24) is 10.2 Å². The molecule has 0 aliphatic carbocycles. The van der Waals surface area contributed by atoms with Crippen molar-refractivity contribution in [2.24, 2.45) is 5.92 Å². The fourth-order valence-corrected chi connectivity index (χ4v) is 3.27. The molecule has 1 heterocycles. The predicted octanol–water partition coefficient (Wildman–Crippen LogP) is 2.43. The van der Waals surface area contributed by atoms with Gasteiger partial charge in [0.25, 0.3) is 0 Å². The first-order valence-corrected chi connectivity index (χ1v) is 7.89. The molecule has 3 heteroatoms. The zero-order chi connectivity index (χ0) is 14.4. The van der Waals surface area contributed by atoms with Crippen LogP contribution >= 0.6 is 0 Å². The second kappa shape index (κ2) is 7.77. The Kier molecular flexibility index (Phi) is 6.02. The fourth-order valence-electron chi connectivity index (χ4n) is 3.27. The maximum Gasteiger partial charge on any atom is 0.0589 e. The lowest BCUT2D eigenvalue weighted by Crippen LogP contribution is -2.37. The highest BCUT2D eigenvalue weighted by Crippen LogP contribution is 2.25. The molecular weight excluding hydrogens is 248 g/mol. The number of hydrogen-bond donors (Lipinski definition) is 2. The standard InChI is InChI=1S/C17H28N2O/c1-3-18-16(15-7-5-4-6-8-15)10-12-19-11-9-14(2)17(19)13-20/h4-8,14,16-18,20H,3,9-13H2,1-2H3. The first-order valence-electron chi connectivity index (χ1n) is 7.89. The number of aliphatic hydroxyl groups is 1. The summed E-state index contributed by atoms with van der Waals surface area (Å²) >= 11 is 0. The minimum Gasteiger partial charge on any atom is -0.395 e. The molecule has 1 aliphatic heterocycles. The first kappa shape index (κ1) is 15.5. The molecule has 0 saturated carbocycles. The minimum absolute atomic E-state index is 0.290. The van der Waals surface area contributed by atoms with Crippen LogP contribution in [0.25, 0.3) is 0 Å². The van der Waals surface area contributed by atoms with E-state index in [0.717, 1.165) is 26.1 Å². The maximum atomic E-state index is 9.54. The van der Waals surface area contributed by atoms with E-state index in [1.807, 2.05) is 0 Å². The van der Waals surface area contributed by atoms with Gasteiger partial charge in [-0.3, -0.25) is 4.90 Å². The van der Waals surface area contributed by atoms with Crippen molar-refractivity contribution >= 4 is 0 Å². The second-order valence-corrected chi connectivity index (χ2v) is 5.86. The van der Waals surface area contributed by atoms with E-state index in [1.54, 1.807) is 0 Å². The van der Waals surface area contributed by atoms with E-state index in [-0.39, 0.29) is 0 Å². The van der Waals surface area contributed by atoms with Crippen LogP contribution in [0.4, 0.5) is 0 Å². The van der Waals surface area contributed by atoms with Crippen molar-refractivity contribution in [2.75, 3.05) is 26.2 Å². The van der Waals surface area contributed by atoms with Crippen LogP contribution in [0.15, 0.2) is 30.3 Å². The van der Waals surface area contributed by atoms with Crippen molar-refractivity contribution in [3.8, 4) is 0 Å². The summed E-state index contributed by atoms with van der Waals surface area (Å²) in [7, 11) is 0. The van der Waals surface area contributed by atoms with E-state index in [9.17, 15) is 5.11 Å². The molecule has 0 aromatic heterocycles. The third-order valence-electron chi connectivity index (χ3n) is 4.54. The molecule has 1 saturated heterocycles. The van der Waals surface area contributed by atoms with Gasteiger partial charge in [0, 0.05) is 18.6 Å². The second-order valence-electron chi connectivity index (χ2n) is 5.86. The maximum absolute atomic E-state index is 9.54. The Morgan fingerprint density at radius 2 is 2.10 bits per heavy atom. The molecule has 3 unspecified atom stereocenters. The van der Waals surface area contributed by atoms with Crippen molar-refractivity contribution in [2.45, 2.75) is 38.8 Å². The molecule has 1 aromatic rings. The molecule has 2 N–H and O–H groups in total. The number of rotatable bonds is 7. The highest BCUT2D eigenvalue weighted by atomic mass is 16.3. The fraction of sp³-hybridized carbons (Fsp3) is 0.647. The number of nitrogens with zero attached hydrogens (tertiary/aromatic N) is 1. The van der Waals surface area contributed by atoms with Crippen molar-refractivity contribution in [3.05, 3.63) is 35.9 Å². The van der Waals surface area contributed by atoms with Crippen LogP contribution in [0.2, 0.25) is 0 Å². The molecule has 1 aromatic carbocycles. The Bertz CT molecular complexity index is 382. The number of nitrogens with one attached hydrogen (secondary N) is 1. The van der Waals surface area contributed by atoms with E-state index in [2.05, 4.69) is 54.4 Å². The van der Waals surface area contributed by atoms with E-state index >= 15 is 0 Å². The molecule has 3 nitrogen and oxygen atoms in total. The molecular formula is C17H28N2O. The summed E-state index contributed by atoms with van der Waals surface area (Å²) in [6.45, 7) is 7.87. The average Bonchev–Trinajstić information content (AvgIpc) is 2.84. The van der Waals surface area contributed by atoms with Crippen LogP contribution in [0.1, 0.15) is 38.3 Å². The molecule has 112 valence electrons. The molecule has 3 atom stereocenters. The Morgan fingerprint density at radius 3 is 2.75 bits per heavy atom. The summed E-state index contributed by atoms with van der Waals surface area (Å²) in [5.41, 5.74) is 1.36. The zero-order valence-electron chi connectivity index (χ0n) is 12.8. The van der Waals surface area contributed by atoms with E-state index in [0.29, 0.717) is 24.6 Å². The van der Waals surface area contributed by atoms with Gasteiger partial charge in [0.2, 0.25) is 0 Å². The monoisotopic (exact) mass is 276 g/mol. The number of aliphatic hydroxyl groups excluding tert-OH is 1. The highest BCUT2D eigenvalue weighted by Gasteiger charge is 2.30. The summed E-state index contributed by atoms with van der Waals surface area (Å²) in [6, 6.07) is 11.4. The van der Waals surface area contributed by atoms with Crippen LogP contribution in [0.5, 0.6) is 0 Å². The molecule has 0 amide bonds. The molecule has 1 fully saturated rings. The van der Waals surface area contributed by atoms with Crippen molar-refractivity contribution in [3.63, 3.8) is 0 Å². The summed E-state index contributed by atoms with van der Waals surface area (Å²) < 4.78 is 0. The van der Waals surface area contributed by atoms with Gasteiger partial charge in [-0.15, -0.1) is 0 Å². The molecule has 20 heavy (non-hydrogen) atoms. The summed E-state index contributed by atoms with van der Waals surface area (Å²) in [5.74, 6) is 0.620. The highest BCUT2D eigenvalue weighted by molar-refractivity contribution is 5.18. The smallest absolute Gasteiger partial charge is 0.0589 e. The van der Waals surface area contributed by atoms with E-state index in [4.69, 9.17) is 0 Å². The lowest BCUT2D eigenvalue weighted by Gasteiger charge is -2.27. The Balaban J connectivity index is 1.93. The normalized spacial score (nSPS) is 24.9. The Morgan fingerprint density at radius 1 is 1.35 bits per heavy atom. The lowest BCUT2D eigenvalue weighted by atomic mass is 10.0. The predicted molar refractivity (Wildman–Crippen MR) is 83.7 cm³/mol. The van der Waals surface area contributed by atoms with Gasteiger partial charge in [0.15, 0.2) is 0 Å². The van der Waals surface area contributed by atoms with Crippen molar-refractivity contribution in [1.29, 1.82) is 0 Å². The Hall–Kier alpha value is -0.900. The topological polar surface area (TPSA) is 35.5 Å². The number of hydrogen-bond acceptors (Lipinski definition) is 3. The van der Waals surface area contributed by atoms with Crippen LogP contribution in [-0.2, 0) is 0 Å². The quantitative estimate of drug-likeness (QED) is 0.803. The SMILES string of the molecule is CCNC(CCN1CCC(C)C1CO)c1ccccc1. The molecule has 2 rings (SSSR count). The molecule has 0 bridgehead atoms. The summed E-state index contributed by atoms with van der Waals surface area (Å²) in [5, 5.41) is 13.1. The van der Waals surface area contributed by atoms with E-state index in [1.165, 1.54) is 12.0 Å². The van der Waals surface area contributed by atoms with Crippen molar-refractivity contribution < 1.29 is 5.11 Å². The molecule has 1 aliphatic rings. The Labute approximate surface area is 123 Å². The molecule has 0 radical (unpaired) electrons. The zero-order valence-corrected chi connectivity index (χ0v) is 12.8. The van der Waals surface area contributed by atoms with Gasteiger partial charge in [-0.05, 0) is 37.4 Å². The van der Waals surface area contributed by atoms with Gasteiger partial charge < -0.3 is 10.4 Å². The number of likely N-dealkylation sites (tertiary alicyclic amines) is 1. The van der Waals surface area contributed by atoms with Crippen LogP contribution in [0, 0.1) is 5.92 Å². The van der Waals surface area contributed by atoms with Crippen LogP contribution in [0.3, 0.4) is 0 Å². The summed E-state index contributed by atoms with van der Waals surface area (Å²) in [4.78, 5) is 2.46. The third-order valence-corrected chi connectivity index (χ3v) is 4.54. The largest absolute Gasteiger partial charge is 0.395 e. The van der Waals surface area contributed by atoms with Crippen LogP contribution < -0.4 is 5.32 Å². The van der Waals surface area contributed by atoms with Gasteiger partial charge in [-0.1, -0.05) is 44.2 Å². The van der Waals surface area contributed by atoms with Crippen LogP contribution in [-0.4, -0.2) is 42.3 Å².